The second-order valence-electron chi connectivity index (χ2n) is 4.95. The molecule has 6 heteroatoms. The third-order valence-electron chi connectivity index (χ3n) is 3.61. The molecule has 106 valence electrons. The maximum Gasteiger partial charge on any atom is 0.248 e. The van der Waals surface area contributed by atoms with E-state index in [0.717, 1.165) is 0 Å². The average Bonchev–Trinajstić information content (AvgIpc) is 2.98. The smallest absolute Gasteiger partial charge is 0.248 e. The molecule has 2 heterocycles. The molecule has 0 atom stereocenters. The first-order valence-corrected chi connectivity index (χ1v) is 6.62. The molecule has 0 aliphatic heterocycles. The summed E-state index contributed by atoms with van der Waals surface area (Å²) in [6.07, 6.45) is 1.48. The molecule has 2 N–H and O–H groups in total. The molecule has 0 bridgehead atoms. The van der Waals surface area contributed by atoms with Crippen LogP contribution in [-0.4, -0.2) is 26.5 Å². The van der Waals surface area contributed by atoms with E-state index in [1.165, 1.54) is 12.3 Å². The summed E-state index contributed by atoms with van der Waals surface area (Å²) in [6, 6.07) is 9.65. The molecule has 0 radical (unpaired) electrons. The fourth-order valence-corrected chi connectivity index (χ4v) is 2.57. The van der Waals surface area contributed by atoms with Crippen molar-refractivity contribution in [3.63, 3.8) is 0 Å². The number of aromatic nitrogens is 3. The number of carbonyl (C=O) groups is 2. The van der Waals surface area contributed by atoms with Crippen molar-refractivity contribution in [3.05, 3.63) is 75.5 Å². The lowest BCUT2D eigenvalue weighted by Gasteiger charge is -2.11. The van der Waals surface area contributed by atoms with Crippen LogP contribution in [0.25, 0.3) is 11.4 Å². The Labute approximate surface area is 123 Å². The Morgan fingerprint density at radius 1 is 0.909 bits per heavy atom. The van der Waals surface area contributed by atoms with Crippen LogP contribution in [0.15, 0.2) is 47.4 Å². The molecule has 1 aliphatic rings. The summed E-state index contributed by atoms with van der Waals surface area (Å²) >= 11 is 0. The maximum absolute atomic E-state index is 12.5. The van der Waals surface area contributed by atoms with E-state index >= 15 is 0 Å². The van der Waals surface area contributed by atoms with Gasteiger partial charge in [0.15, 0.2) is 0 Å². The van der Waals surface area contributed by atoms with Gasteiger partial charge in [-0.3, -0.25) is 14.4 Å². The summed E-state index contributed by atoms with van der Waals surface area (Å²) in [5, 5.41) is 0. The van der Waals surface area contributed by atoms with E-state index < -0.39 is 0 Å². The molecule has 1 aromatic carbocycles. The highest BCUT2D eigenvalue weighted by atomic mass is 16.1. The Morgan fingerprint density at radius 3 is 2.36 bits per heavy atom. The van der Waals surface area contributed by atoms with Gasteiger partial charge in [-0.2, -0.15) is 0 Å². The van der Waals surface area contributed by atoms with Gasteiger partial charge >= 0.3 is 0 Å². The molecular formula is C16H9N3O3. The first kappa shape index (κ1) is 12.5. The highest BCUT2D eigenvalue weighted by molar-refractivity contribution is 6.27. The molecule has 0 fully saturated rings. The molecular weight excluding hydrogens is 282 g/mol. The van der Waals surface area contributed by atoms with Crippen molar-refractivity contribution in [1.29, 1.82) is 0 Å². The molecule has 0 unspecified atom stereocenters. The highest BCUT2D eigenvalue weighted by Gasteiger charge is 2.33. The van der Waals surface area contributed by atoms with Gasteiger partial charge in [0, 0.05) is 29.0 Å². The van der Waals surface area contributed by atoms with Gasteiger partial charge in [0.1, 0.15) is 17.2 Å². The first-order valence-electron chi connectivity index (χ1n) is 6.62. The molecule has 3 aromatic rings. The number of hydrogen-bond donors (Lipinski definition) is 2. The van der Waals surface area contributed by atoms with E-state index in [1.54, 1.807) is 30.3 Å². The van der Waals surface area contributed by atoms with E-state index in [9.17, 15) is 14.4 Å². The molecule has 2 aromatic heterocycles. The molecule has 0 spiro atoms. The van der Waals surface area contributed by atoms with Gasteiger partial charge in [-0.05, 0) is 6.07 Å². The van der Waals surface area contributed by atoms with Crippen molar-refractivity contribution in [2.75, 3.05) is 0 Å². The Kier molecular flexibility index (Phi) is 2.47. The summed E-state index contributed by atoms with van der Waals surface area (Å²) in [5.74, 6) is -0.239. The summed E-state index contributed by atoms with van der Waals surface area (Å²) in [4.78, 5) is 45.9. The number of aromatic amines is 2. The number of imidazole rings is 1. The van der Waals surface area contributed by atoms with E-state index in [4.69, 9.17) is 0 Å². The minimum absolute atomic E-state index is 0.0963. The molecule has 1 aliphatic carbocycles. The van der Waals surface area contributed by atoms with Crippen LogP contribution < -0.4 is 5.56 Å². The van der Waals surface area contributed by atoms with E-state index in [2.05, 4.69) is 15.0 Å². The second-order valence-corrected chi connectivity index (χ2v) is 4.95. The predicted molar refractivity (Wildman–Crippen MR) is 78.0 cm³/mol. The van der Waals surface area contributed by atoms with Crippen LogP contribution in [0.4, 0.5) is 0 Å². The molecule has 0 saturated carbocycles. The van der Waals surface area contributed by atoms with Crippen LogP contribution in [0.3, 0.4) is 0 Å². The topological polar surface area (TPSA) is 95.7 Å². The van der Waals surface area contributed by atoms with Crippen LogP contribution in [0.5, 0.6) is 0 Å². The Morgan fingerprint density at radius 2 is 1.64 bits per heavy atom. The second kappa shape index (κ2) is 4.36. The zero-order chi connectivity index (χ0) is 15.3. The molecule has 0 amide bonds. The van der Waals surface area contributed by atoms with Crippen molar-refractivity contribution in [2.45, 2.75) is 0 Å². The molecule has 6 nitrogen and oxygen atoms in total. The van der Waals surface area contributed by atoms with Crippen molar-refractivity contribution < 1.29 is 9.59 Å². The minimum Gasteiger partial charge on any atom is -0.335 e. The highest BCUT2D eigenvalue weighted by Crippen LogP contribution is 2.27. The number of nitrogens with zero attached hydrogens (tertiary/aromatic N) is 1. The standard InChI is InChI=1S/C16H9N3O3/c20-11-7-8(5-6-17-11)16-18-12-13(19-16)15(22)10-4-2-1-3-9(10)14(12)21/h1-7H,(H,17,20)(H,18,19). The summed E-state index contributed by atoms with van der Waals surface area (Å²) in [6.45, 7) is 0. The van der Waals surface area contributed by atoms with Gasteiger partial charge in [-0.1, -0.05) is 24.3 Å². The van der Waals surface area contributed by atoms with Gasteiger partial charge in [-0.25, -0.2) is 4.98 Å². The van der Waals surface area contributed by atoms with Gasteiger partial charge < -0.3 is 9.97 Å². The van der Waals surface area contributed by atoms with Gasteiger partial charge in [-0.15, -0.1) is 0 Å². The molecule has 22 heavy (non-hydrogen) atoms. The minimum atomic E-state index is -0.294. The zero-order valence-electron chi connectivity index (χ0n) is 11.2. The number of fused-ring (bicyclic) bond motifs is 2. The number of ketones is 2. The number of hydrogen-bond acceptors (Lipinski definition) is 4. The number of nitrogens with one attached hydrogen (secondary N) is 2. The molecule has 0 saturated heterocycles. The summed E-state index contributed by atoms with van der Waals surface area (Å²) in [5.41, 5.74) is 1.21. The van der Waals surface area contributed by atoms with Crippen LogP contribution in [0.1, 0.15) is 32.1 Å². The lowest BCUT2D eigenvalue weighted by molar-refractivity contribution is 0.0974. The zero-order valence-corrected chi connectivity index (χ0v) is 11.2. The van der Waals surface area contributed by atoms with Crippen LogP contribution >= 0.6 is 0 Å². The third-order valence-corrected chi connectivity index (χ3v) is 3.61. The predicted octanol–water partition coefficient (Wildman–Crippen LogP) is 1.54. The number of benzene rings is 1. The van der Waals surface area contributed by atoms with Gasteiger partial charge in [0.2, 0.25) is 17.1 Å². The fraction of sp³-hybridized carbons (Fsp3) is 0. The molecule has 4 rings (SSSR count). The monoisotopic (exact) mass is 291 g/mol. The third kappa shape index (κ3) is 1.67. The normalized spacial score (nSPS) is 12.9. The van der Waals surface area contributed by atoms with Crippen LogP contribution in [0.2, 0.25) is 0 Å². The average molecular weight is 291 g/mol. The van der Waals surface area contributed by atoms with Crippen LogP contribution in [0, 0.1) is 0 Å². The number of pyridine rings is 1. The number of carbonyl (C=O) groups excluding carboxylic acids is 2. The van der Waals surface area contributed by atoms with Crippen molar-refractivity contribution in [3.8, 4) is 11.4 Å². The first-order chi connectivity index (χ1) is 10.6. The van der Waals surface area contributed by atoms with Crippen molar-refractivity contribution in [1.82, 2.24) is 15.0 Å². The number of rotatable bonds is 1. The van der Waals surface area contributed by atoms with Crippen molar-refractivity contribution in [2.24, 2.45) is 0 Å². The Balaban J connectivity index is 1.92. The van der Waals surface area contributed by atoms with E-state index in [1.807, 2.05) is 0 Å². The largest absolute Gasteiger partial charge is 0.335 e. The van der Waals surface area contributed by atoms with Gasteiger partial charge in [0.05, 0.1) is 0 Å². The van der Waals surface area contributed by atoms with E-state index in [-0.39, 0.29) is 28.5 Å². The number of H-pyrrole nitrogens is 2. The maximum atomic E-state index is 12.5. The van der Waals surface area contributed by atoms with Crippen molar-refractivity contribution >= 4 is 11.6 Å². The van der Waals surface area contributed by atoms with Gasteiger partial charge in [0.25, 0.3) is 0 Å². The fourth-order valence-electron chi connectivity index (χ4n) is 2.57. The lowest BCUT2D eigenvalue weighted by Crippen LogP contribution is -2.20. The SMILES string of the molecule is O=C1c2ccccc2C(=O)c2[nH]c(-c3cc[nH]c(=O)c3)nc21. The summed E-state index contributed by atoms with van der Waals surface area (Å²) in [7, 11) is 0. The van der Waals surface area contributed by atoms with E-state index in [0.29, 0.717) is 22.5 Å². The Bertz CT molecular complexity index is 945. The summed E-state index contributed by atoms with van der Waals surface area (Å²) < 4.78 is 0. The van der Waals surface area contributed by atoms with Crippen LogP contribution in [-0.2, 0) is 0 Å². The Hall–Kier alpha value is -3.28. The lowest BCUT2D eigenvalue weighted by atomic mass is 9.90. The quantitative estimate of drug-likeness (QED) is 0.556.